The molecule has 0 atom stereocenters. The van der Waals surface area contributed by atoms with Gasteiger partial charge in [-0.15, -0.1) is 0 Å². The minimum atomic E-state index is -0.367. The SMILES string of the molecule is CCN(C(=O)c1cc(F)ccc1C)C(C)C. The van der Waals surface area contributed by atoms with Crippen molar-refractivity contribution >= 4 is 5.91 Å². The van der Waals surface area contributed by atoms with Gasteiger partial charge in [-0.2, -0.15) is 0 Å². The number of rotatable bonds is 3. The Bertz CT molecular complexity index is 388. The molecule has 88 valence electrons. The standard InChI is InChI=1S/C13H18FNO/c1-5-15(9(2)3)13(16)12-8-11(14)7-6-10(12)4/h6-9H,5H2,1-4H3. The van der Waals surface area contributed by atoms with E-state index in [0.29, 0.717) is 12.1 Å². The van der Waals surface area contributed by atoms with Gasteiger partial charge in [0.25, 0.3) is 5.91 Å². The van der Waals surface area contributed by atoms with Gasteiger partial charge < -0.3 is 4.90 Å². The molecule has 2 nitrogen and oxygen atoms in total. The van der Waals surface area contributed by atoms with Gasteiger partial charge in [-0.1, -0.05) is 6.07 Å². The van der Waals surface area contributed by atoms with Gasteiger partial charge in [0.05, 0.1) is 0 Å². The van der Waals surface area contributed by atoms with Crippen LogP contribution in [0.25, 0.3) is 0 Å². The van der Waals surface area contributed by atoms with Crippen molar-refractivity contribution in [2.24, 2.45) is 0 Å². The molecule has 0 spiro atoms. The van der Waals surface area contributed by atoms with Crippen LogP contribution in [0.3, 0.4) is 0 Å². The zero-order chi connectivity index (χ0) is 12.3. The second-order valence-corrected chi connectivity index (χ2v) is 4.14. The molecule has 0 bridgehead atoms. The van der Waals surface area contributed by atoms with Crippen LogP contribution < -0.4 is 0 Å². The number of benzene rings is 1. The van der Waals surface area contributed by atoms with Crippen molar-refractivity contribution in [1.82, 2.24) is 4.90 Å². The maximum atomic E-state index is 13.1. The minimum absolute atomic E-state index is 0.102. The van der Waals surface area contributed by atoms with Crippen LogP contribution in [-0.2, 0) is 0 Å². The van der Waals surface area contributed by atoms with Crippen molar-refractivity contribution in [2.45, 2.75) is 33.7 Å². The topological polar surface area (TPSA) is 20.3 Å². The Kier molecular flexibility index (Phi) is 4.05. The van der Waals surface area contributed by atoms with Crippen molar-refractivity contribution < 1.29 is 9.18 Å². The van der Waals surface area contributed by atoms with Crippen molar-refractivity contribution in [2.75, 3.05) is 6.54 Å². The molecule has 1 rings (SSSR count). The van der Waals surface area contributed by atoms with Gasteiger partial charge in [0.1, 0.15) is 5.82 Å². The van der Waals surface area contributed by atoms with Crippen LogP contribution in [0.4, 0.5) is 4.39 Å². The summed E-state index contributed by atoms with van der Waals surface area (Å²) in [5.74, 6) is -0.469. The molecule has 0 heterocycles. The average molecular weight is 223 g/mol. The molecule has 0 fully saturated rings. The van der Waals surface area contributed by atoms with Crippen molar-refractivity contribution in [3.05, 3.63) is 35.1 Å². The summed E-state index contributed by atoms with van der Waals surface area (Å²) in [5.41, 5.74) is 1.26. The monoisotopic (exact) mass is 223 g/mol. The van der Waals surface area contributed by atoms with Gasteiger partial charge >= 0.3 is 0 Å². The summed E-state index contributed by atoms with van der Waals surface area (Å²) in [6, 6.07) is 4.44. The largest absolute Gasteiger partial charge is 0.336 e. The highest BCUT2D eigenvalue weighted by Crippen LogP contribution is 2.14. The normalized spacial score (nSPS) is 10.6. The highest BCUT2D eigenvalue weighted by atomic mass is 19.1. The van der Waals surface area contributed by atoms with Crippen LogP contribution >= 0.6 is 0 Å². The lowest BCUT2D eigenvalue weighted by atomic mass is 10.1. The molecule has 1 amide bonds. The molecule has 1 aromatic rings. The van der Waals surface area contributed by atoms with Gasteiger partial charge in [-0.05, 0) is 45.4 Å². The first-order valence-electron chi connectivity index (χ1n) is 5.54. The molecule has 1 aromatic carbocycles. The summed E-state index contributed by atoms with van der Waals surface area (Å²) < 4.78 is 13.1. The highest BCUT2D eigenvalue weighted by molar-refractivity contribution is 5.95. The molecule has 0 unspecified atom stereocenters. The zero-order valence-corrected chi connectivity index (χ0v) is 10.2. The predicted molar refractivity (Wildman–Crippen MR) is 63.0 cm³/mol. The summed E-state index contributed by atoms with van der Waals surface area (Å²) in [7, 11) is 0. The number of carbonyl (C=O) groups excluding carboxylic acids is 1. The van der Waals surface area contributed by atoms with Crippen LogP contribution in [0.2, 0.25) is 0 Å². The number of hydrogen-bond donors (Lipinski definition) is 0. The van der Waals surface area contributed by atoms with E-state index in [9.17, 15) is 9.18 Å². The van der Waals surface area contributed by atoms with E-state index in [1.165, 1.54) is 12.1 Å². The molecule has 0 N–H and O–H groups in total. The lowest BCUT2D eigenvalue weighted by Crippen LogP contribution is -2.37. The fourth-order valence-electron chi connectivity index (χ4n) is 1.72. The Morgan fingerprint density at radius 1 is 1.44 bits per heavy atom. The highest BCUT2D eigenvalue weighted by Gasteiger charge is 2.18. The Labute approximate surface area is 96.1 Å². The van der Waals surface area contributed by atoms with E-state index in [2.05, 4.69) is 0 Å². The summed E-state index contributed by atoms with van der Waals surface area (Å²) >= 11 is 0. The van der Waals surface area contributed by atoms with E-state index in [1.54, 1.807) is 11.0 Å². The third kappa shape index (κ3) is 2.60. The third-order valence-corrected chi connectivity index (χ3v) is 2.65. The lowest BCUT2D eigenvalue weighted by molar-refractivity contribution is 0.0715. The quantitative estimate of drug-likeness (QED) is 0.771. The number of nitrogens with zero attached hydrogens (tertiary/aromatic N) is 1. The van der Waals surface area contributed by atoms with Gasteiger partial charge in [0.15, 0.2) is 0 Å². The maximum absolute atomic E-state index is 13.1. The molecule has 16 heavy (non-hydrogen) atoms. The average Bonchev–Trinajstić information content (AvgIpc) is 2.22. The van der Waals surface area contributed by atoms with Gasteiger partial charge in [0, 0.05) is 18.2 Å². The molecule has 0 aromatic heterocycles. The molecular formula is C13H18FNO. The van der Waals surface area contributed by atoms with E-state index in [4.69, 9.17) is 0 Å². The summed E-state index contributed by atoms with van der Waals surface area (Å²) in [5, 5.41) is 0. The molecule has 0 aliphatic heterocycles. The Balaban J connectivity index is 3.08. The number of halogens is 1. The first kappa shape index (κ1) is 12.7. The molecule has 0 saturated heterocycles. The second kappa shape index (κ2) is 5.10. The third-order valence-electron chi connectivity index (χ3n) is 2.65. The van der Waals surface area contributed by atoms with Crippen LogP contribution in [-0.4, -0.2) is 23.4 Å². The zero-order valence-electron chi connectivity index (χ0n) is 10.2. The minimum Gasteiger partial charge on any atom is -0.336 e. The van der Waals surface area contributed by atoms with E-state index >= 15 is 0 Å². The van der Waals surface area contributed by atoms with Crippen LogP contribution in [0.5, 0.6) is 0 Å². The number of hydrogen-bond acceptors (Lipinski definition) is 1. The Morgan fingerprint density at radius 2 is 2.06 bits per heavy atom. The van der Waals surface area contributed by atoms with Crippen LogP contribution in [0.15, 0.2) is 18.2 Å². The fraction of sp³-hybridized carbons (Fsp3) is 0.462. The summed E-state index contributed by atoms with van der Waals surface area (Å²) in [6.45, 7) is 8.28. The molecule has 0 radical (unpaired) electrons. The molecule has 3 heteroatoms. The summed E-state index contributed by atoms with van der Waals surface area (Å²) in [4.78, 5) is 13.9. The van der Waals surface area contributed by atoms with Crippen molar-refractivity contribution in [1.29, 1.82) is 0 Å². The maximum Gasteiger partial charge on any atom is 0.254 e. The Hall–Kier alpha value is -1.38. The Morgan fingerprint density at radius 3 is 2.56 bits per heavy atom. The lowest BCUT2D eigenvalue weighted by Gasteiger charge is -2.25. The van der Waals surface area contributed by atoms with E-state index in [-0.39, 0.29) is 17.8 Å². The summed E-state index contributed by atoms with van der Waals surface area (Å²) in [6.07, 6.45) is 0. The first-order chi connectivity index (χ1) is 7.47. The van der Waals surface area contributed by atoms with E-state index < -0.39 is 0 Å². The van der Waals surface area contributed by atoms with E-state index in [0.717, 1.165) is 5.56 Å². The van der Waals surface area contributed by atoms with Gasteiger partial charge in [0.2, 0.25) is 0 Å². The number of carbonyl (C=O) groups is 1. The first-order valence-corrected chi connectivity index (χ1v) is 5.54. The molecule has 0 aliphatic rings. The molecule has 0 saturated carbocycles. The number of amides is 1. The molecular weight excluding hydrogens is 205 g/mol. The van der Waals surface area contributed by atoms with Gasteiger partial charge in [-0.3, -0.25) is 4.79 Å². The smallest absolute Gasteiger partial charge is 0.254 e. The number of aryl methyl sites for hydroxylation is 1. The second-order valence-electron chi connectivity index (χ2n) is 4.14. The van der Waals surface area contributed by atoms with Crippen LogP contribution in [0, 0.1) is 12.7 Å². The fourth-order valence-corrected chi connectivity index (χ4v) is 1.72. The van der Waals surface area contributed by atoms with Crippen molar-refractivity contribution in [3.8, 4) is 0 Å². The predicted octanol–water partition coefficient (Wildman–Crippen LogP) is 3.00. The van der Waals surface area contributed by atoms with E-state index in [1.807, 2.05) is 27.7 Å². The van der Waals surface area contributed by atoms with Crippen molar-refractivity contribution in [3.63, 3.8) is 0 Å². The molecule has 0 aliphatic carbocycles. The van der Waals surface area contributed by atoms with Gasteiger partial charge in [-0.25, -0.2) is 4.39 Å². The van der Waals surface area contributed by atoms with Crippen LogP contribution in [0.1, 0.15) is 36.7 Å².